The molecule has 0 bridgehead atoms. The van der Waals surface area contributed by atoms with Crippen LogP contribution in [0.3, 0.4) is 0 Å². The third-order valence-electron chi connectivity index (χ3n) is 4.74. The molecule has 2 amide bonds. The second-order valence-corrected chi connectivity index (χ2v) is 7.95. The van der Waals surface area contributed by atoms with Crippen LogP contribution in [0.5, 0.6) is 0 Å². The second kappa shape index (κ2) is 8.70. The number of hydrogen-bond donors (Lipinski definition) is 0. The summed E-state index contributed by atoms with van der Waals surface area (Å²) in [5.74, 6) is 1.60. The van der Waals surface area contributed by atoms with Crippen LogP contribution in [0, 0.1) is 13.8 Å². The Morgan fingerprint density at radius 2 is 1.70 bits per heavy atom. The average molecular weight is 427 g/mol. The number of piperazine rings is 1. The highest BCUT2D eigenvalue weighted by Crippen LogP contribution is 2.27. The molecule has 1 aliphatic rings. The van der Waals surface area contributed by atoms with E-state index in [-0.39, 0.29) is 17.6 Å². The van der Waals surface area contributed by atoms with Gasteiger partial charge >= 0.3 is 0 Å². The van der Waals surface area contributed by atoms with Crippen LogP contribution in [0.4, 0.5) is 0 Å². The van der Waals surface area contributed by atoms with Gasteiger partial charge in [-0.25, -0.2) is 0 Å². The first-order chi connectivity index (χ1) is 14.5. The molecule has 4 rings (SSSR count). The van der Waals surface area contributed by atoms with E-state index in [1.54, 1.807) is 29.7 Å². The number of amides is 2. The number of carbonyl (C=O) groups is 2. The van der Waals surface area contributed by atoms with Crippen LogP contribution in [0.1, 0.15) is 38.3 Å². The predicted octanol–water partition coefficient (Wildman–Crippen LogP) is 2.56. The number of rotatable bonds is 5. The third-order valence-corrected chi connectivity index (χ3v) is 5.81. The van der Waals surface area contributed by atoms with Crippen molar-refractivity contribution in [2.45, 2.75) is 24.5 Å². The molecule has 3 heterocycles. The van der Waals surface area contributed by atoms with Gasteiger partial charge in [-0.15, -0.1) is 11.8 Å². The zero-order chi connectivity index (χ0) is 21.1. The smallest absolute Gasteiger partial charge is 0.292 e. The van der Waals surface area contributed by atoms with Crippen LogP contribution in [0.15, 0.2) is 44.3 Å². The molecule has 30 heavy (non-hydrogen) atoms. The summed E-state index contributed by atoms with van der Waals surface area (Å²) in [5.41, 5.74) is 1.30. The quantitative estimate of drug-likeness (QED) is 0.572. The molecule has 2 aromatic heterocycles. The van der Waals surface area contributed by atoms with Crippen molar-refractivity contribution in [3.05, 3.63) is 59.1 Å². The molecule has 0 unspecified atom stereocenters. The molecule has 1 aromatic carbocycles. The van der Waals surface area contributed by atoms with Crippen LogP contribution in [-0.4, -0.2) is 63.1 Å². The number of thioether (sulfide) groups is 1. The fourth-order valence-electron chi connectivity index (χ4n) is 3.21. The minimum absolute atomic E-state index is 0.0509. The number of hydrogen-bond acceptors (Lipinski definition) is 8. The van der Waals surface area contributed by atoms with Gasteiger partial charge < -0.3 is 18.8 Å². The Labute approximate surface area is 177 Å². The largest absolute Gasteiger partial charge is 0.351 e. The van der Waals surface area contributed by atoms with Gasteiger partial charge in [0.05, 0.1) is 17.0 Å². The molecular formula is C20H21N5O4S. The molecule has 3 aromatic rings. The lowest BCUT2D eigenvalue weighted by Gasteiger charge is -2.34. The molecule has 0 atom stereocenters. The number of benzene rings is 1. The Bertz CT molecular complexity index is 1050. The first-order valence-electron chi connectivity index (χ1n) is 9.54. The van der Waals surface area contributed by atoms with E-state index in [4.69, 9.17) is 9.05 Å². The highest BCUT2D eigenvalue weighted by Gasteiger charge is 2.28. The van der Waals surface area contributed by atoms with Gasteiger partial charge in [0.1, 0.15) is 0 Å². The van der Waals surface area contributed by atoms with E-state index in [1.165, 1.54) is 11.8 Å². The molecule has 1 aliphatic heterocycles. The number of nitrogens with zero attached hydrogens (tertiary/aromatic N) is 5. The van der Waals surface area contributed by atoms with Crippen molar-refractivity contribution in [3.63, 3.8) is 0 Å². The normalized spacial score (nSPS) is 14.2. The van der Waals surface area contributed by atoms with Crippen LogP contribution in [0.25, 0.3) is 0 Å². The molecule has 0 saturated carbocycles. The summed E-state index contributed by atoms with van der Waals surface area (Å²) < 4.78 is 10.1. The maximum absolute atomic E-state index is 13.1. The molecule has 9 nitrogen and oxygen atoms in total. The Kier molecular flexibility index (Phi) is 5.84. The molecule has 0 radical (unpaired) electrons. The first kappa shape index (κ1) is 20.1. The van der Waals surface area contributed by atoms with Gasteiger partial charge in [-0.05, 0) is 19.1 Å². The zero-order valence-corrected chi connectivity index (χ0v) is 17.5. The lowest BCUT2D eigenvalue weighted by atomic mass is 10.1. The summed E-state index contributed by atoms with van der Waals surface area (Å²) in [5, 5.41) is 7.66. The third kappa shape index (κ3) is 4.38. The Hall–Kier alpha value is -3.14. The van der Waals surface area contributed by atoms with Crippen molar-refractivity contribution < 1.29 is 18.6 Å². The van der Waals surface area contributed by atoms with Crippen molar-refractivity contribution in [2.24, 2.45) is 0 Å². The topological polar surface area (TPSA) is 106 Å². The maximum Gasteiger partial charge on any atom is 0.292 e. The first-order valence-corrected chi connectivity index (χ1v) is 10.5. The SMILES string of the molecule is Cc1cc(C(=O)N2CCN(C(=O)c3ccccc3SCc3noc(C)n3)CC2)on1. The standard InChI is InChI=1S/C20H21N5O4S/c1-13-11-16(29-22-13)20(27)25-9-7-24(8-10-25)19(26)15-5-3-4-6-17(15)30-12-18-21-14(2)28-23-18/h3-6,11H,7-10,12H2,1-2H3. The Morgan fingerprint density at radius 1 is 1.00 bits per heavy atom. The summed E-state index contributed by atoms with van der Waals surface area (Å²) in [6.45, 7) is 5.32. The minimum atomic E-state index is -0.200. The van der Waals surface area contributed by atoms with E-state index in [1.807, 2.05) is 24.3 Å². The molecule has 0 N–H and O–H groups in total. The molecule has 0 aliphatic carbocycles. The zero-order valence-electron chi connectivity index (χ0n) is 16.7. The number of aryl methyl sites for hydroxylation is 2. The fraction of sp³-hybridized carbons (Fsp3) is 0.350. The van der Waals surface area contributed by atoms with Gasteiger partial charge in [-0.3, -0.25) is 9.59 Å². The number of carbonyl (C=O) groups excluding carboxylic acids is 2. The summed E-state index contributed by atoms with van der Waals surface area (Å²) in [7, 11) is 0. The molecule has 1 fully saturated rings. The van der Waals surface area contributed by atoms with Gasteiger partial charge in [-0.2, -0.15) is 4.98 Å². The van der Waals surface area contributed by atoms with E-state index in [2.05, 4.69) is 15.3 Å². The number of aromatic nitrogens is 3. The minimum Gasteiger partial charge on any atom is -0.351 e. The van der Waals surface area contributed by atoms with Gasteiger partial charge in [0.2, 0.25) is 11.7 Å². The monoisotopic (exact) mass is 427 g/mol. The van der Waals surface area contributed by atoms with E-state index in [0.29, 0.717) is 54.9 Å². The highest BCUT2D eigenvalue weighted by molar-refractivity contribution is 7.98. The van der Waals surface area contributed by atoms with Crippen LogP contribution in [-0.2, 0) is 5.75 Å². The van der Waals surface area contributed by atoms with E-state index in [0.717, 1.165) is 4.90 Å². The highest BCUT2D eigenvalue weighted by atomic mass is 32.2. The van der Waals surface area contributed by atoms with E-state index < -0.39 is 0 Å². The van der Waals surface area contributed by atoms with Crippen LogP contribution < -0.4 is 0 Å². The summed E-state index contributed by atoms with van der Waals surface area (Å²) in [4.78, 5) is 34.1. The molecule has 10 heteroatoms. The second-order valence-electron chi connectivity index (χ2n) is 6.93. The van der Waals surface area contributed by atoms with Crippen molar-refractivity contribution in [3.8, 4) is 0 Å². The summed E-state index contributed by atoms with van der Waals surface area (Å²) >= 11 is 1.49. The maximum atomic E-state index is 13.1. The molecule has 1 saturated heterocycles. The van der Waals surface area contributed by atoms with Crippen LogP contribution >= 0.6 is 11.8 Å². The molecular weight excluding hydrogens is 406 g/mol. The summed E-state index contributed by atoms with van der Waals surface area (Å²) in [6, 6.07) is 9.11. The lowest BCUT2D eigenvalue weighted by Crippen LogP contribution is -2.50. The van der Waals surface area contributed by atoms with Gasteiger partial charge in [0.25, 0.3) is 11.8 Å². The van der Waals surface area contributed by atoms with Crippen molar-refractivity contribution in [2.75, 3.05) is 26.2 Å². The Balaban J connectivity index is 1.39. The van der Waals surface area contributed by atoms with Crippen molar-refractivity contribution in [1.29, 1.82) is 0 Å². The average Bonchev–Trinajstić information content (AvgIpc) is 3.39. The lowest BCUT2D eigenvalue weighted by molar-refractivity contribution is 0.0511. The van der Waals surface area contributed by atoms with Crippen LogP contribution in [0.2, 0.25) is 0 Å². The van der Waals surface area contributed by atoms with E-state index in [9.17, 15) is 9.59 Å². The summed E-state index contributed by atoms with van der Waals surface area (Å²) in [6.07, 6.45) is 0. The molecule has 0 spiro atoms. The molecule has 156 valence electrons. The Morgan fingerprint density at radius 3 is 2.33 bits per heavy atom. The van der Waals surface area contributed by atoms with Gasteiger partial charge in [0, 0.05) is 44.1 Å². The predicted molar refractivity (Wildman–Crippen MR) is 108 cm³/mol. The van der Waals surface area contributed by atoms with Crippen molar-refractivity contribution >= 4 is 23.6 Å². The van der Waals surface area contributed by atoms with Gasteiger partial charge in [-0.1, -0.05) is 22.4 Å². The van der Waals surface area contributed by atoms with E-state index >= 15 is 0 Å². The fourth-order valence-corrected chi connectivity index (χ4v) is 4.10. The van der Waals surface area contributed by atoms with Gasteiger partial charge in [0.15, 0.2) is 5.82 Å². The van der Waals surface area contributed by atoms with Crippen molar-refractivity contribution in [1.82, 2.24) is 25.1 Å².